The summed E-state index contributed by atoms with van der Waals surface area (Å²) in [6, 6.07) is 4.23. The Labute approximate surface area is 122 Å². The Balaban J connectivity index is 2.06. The van der Waals surface area contributed by atoms with E-state index in [-0.39, 0.29) is 6.04 Å². The summed E-state index contributed by atoms with van der Waals surface area (Å²) in [6.07, 6.45) is 2.89. The lowest BCUT2D eigenvalue weighted by molar-refractivity contribution is 0.296. The molecule has 0 saturated carbocycles. The fourth-order valence-electron chi connectivity index (χ4n) is 2.82. The first-order valence-electron chi connectivity index (χ1n) is 7.35. The Hall–Kier alpha value is -1.07. The van der Waals surface area contributed by atoms with Gasteiger partial charge in [0.2, 0.25) is 0 Å². The van der Waals surface area contributed by atoms with Crippen molar-refractivity contribution in [1.82, 2.24) is 5.32 Å². The number of nitrogens with one attached hydrogen (secondary N) is 1. The van der Waals surface area contributed by atoms with Crippen LogP contribution >= 0.6 is 0 Å². The Morgan fingerprint density at radius 2 is 2.00 bits per heavy atom. The van der Waals surface area contributed by atoms with Gasteiger partial charge in [-0.2, -0.15) is 0 Å². The first kappa shape index (κ1) is 13.9. The summed E-state index contributed by atoms with van der Waals surface area (Å²) in [7, 11) is -0.936. The number of fused-ring (bicyclic) bond motifs is 2. The molecule has 2 aliphatic heterocycles. The van der Waals surface area contributed by atoms with Crippen LogP contribution in [0.15, 0.2) is 17.0 Å². The van der Waals surface area contributed by atoms with E-state index >= 15 is 0 Å². The van der Waals surface area contributed by atoms with Crippen LogP contribution < -0.4 is 14.8 Å². The Kier molecular flexibility index (Phi) is 4.27. The third-order valence-electron chi connectivity index (χ3n) is 3.77. The highest BCUT2D eigenvalue weighted by atomic mass is 32.2. The number of hydrogen-bond donors (Lipinski definition) is 1. The summed E-state index contributed by atoms with van der Waals surface area (Å²) in [5.41, 5.74) is 1.12. The van der Waals surface area contributed by atoms with E-state index in [0.717, 1.165) is 53.5 Å². The summed E-state index contributed by atoms with van der Waals surface area (Å²) in [6.45, 7) is 4.35. The zero-order valence-corrected chi connectivity index (χ0v) is 12.6. The minimum Gasteiger partial charge on any atom is -0.490 e. The SMILES string of the molecule is CCNC1CCCS(=O)c2cc3c(cc21)OCCCO3. The second kappa shape index (κ2) is 6.14. The second-order valence-electron chi connectivity index (χ2n) is 5.19. The predicted octanol–water partition coefficient (Wildman–Crippen LogP) is 2.40. The van der Waals surface area contributed by atoms with Crippen LogP contribution in [0.2, 0.25) is 0 Å². The Morgan fingerprint density at radius 1 is 1.25 bits per heavy atom. The van der Waals surface area contributed by atoms with E-state index in [9.17, 15) is 4.21 Å². The topological polar surface area (TPSA) is 47.6 Å². The molecular weight excluding hydrogens is 274 g/mol. The van der Waals surface area contributed by atoms with Crippen LogP contribution in [0.25, 0.3) is 0 Å². The predicted molar refractivity (Wildman–Crippen MR) is 79.0 cm³/mol. The second-order valence-corrected chi connectivity index (χ2v) is 6.73. The van der Waals surface area contributed by atoms with Gasteiger partial charge in [-0.15, -0.1) is 0 Å². The molecule has 20 heavy (non-hydrogen) atoms. The van der Waals surface area contributed by atoms with Crippen LogP contribution in [0.1, 0.15) is 37.8 Å². The average Bonchev–Trinajstić information content (AvgIpc) is 2.76. The van der Waals surface area contributed by atoms with Crippen LogP contribution in [0, 0.1) is 0 Å². The van der Waals surface area contributed by atoms with Gasteiger partial charge in [-0.05, 0) is 31.0 Å². The lowest BCUT2D eigenvalue weighted by Crippen LogP contribution is -2.21. The first-order chi connectivity index (χ1) is 9.79. The van der Waals surface area contributed by atoms with E-state index in [2.05, 4.69) is 12.2 Å². The normalized spacial score (nSPS) is 25.4. The molecule has 2 aliphatic rings. The molecule has 1 aromatic carbocycles. The van der Waals surface area contributed by atoms with Crippen LogP contribution in [0.5, 0.6) is 11.5 Å². The van der Waals surface area contributed by atoms with Crippen molar-refractivity contribution < 1.29 is 13.7 Å². The maximum Gasteiger partial charge on any atom is 0.162 e. The minimum atomic E-state index is -0.936. The quantitative estimate of drug-likeness (QED) is 0.910. The highest BCUT2D eigenvalue weighted by molar-refractivity contribution is 7.85. The summed E-state index contributed by atoms with van der Waals surface area (Å²) >= 11 is 0. The summed E-state index contributed by atoms with van der Waals surface area (Å²) < 4.78 is 23.9. The van der Waals surface area contributed by atoms with Gasteiger partial charge < -0.3 is 14.8 Å². The van der Waals surface area contributed by atoms with Crippen molar-refractivity contribution in [1.29, 1.82) is 0 Å². The molecule has 0 fully saturated rings. The first-order valence-corrected chi connectivity index (χ1v) is 8.66. The van der Waals surface area contributed by atoms with Crippen LogP contribution in [0.3, 0.4) is 0 Å². The highest BCUT2D eigenvalue weighted by Gasteiger charge is 2.25. The molecule has 0 spiro atoms. The van der Waals surface area contributed by atoms with Gasteiger partial charge in [0.15, 0.2) is 11.5 Å². The molecule has 2 heterocycles. The van der Waals surface area contributed by atoms with Crippen LogP contribution in [-0.2, 0) is 10.8 Å². The van der Waals surface area contributed by atoms with E-state index in [1.54, 1.807) is 0 Å². The molecule has 2 atom stereocenters. The van der Waals surface area contributed by atoms with Crippen LogP contribution in [-0.4, -0.2) is 29.7 Å². The zero-order valence-electron chi connectivity index (χ0n) is 11.8. The van der Waals surface area contributed by atoms with Gasteiger partial charge >= 0.3 is 0 Å². The van der Waals surface area contributed by atoms with Crippen molar-refractivity contribution in [2.45, 2.75) is 37.1 Å². The maximum absolute atomic E-state index is 12.4. The van der Waals surface area contributed by atoms with E-state index in [1.165, 1.54) is 0 Å². The van der Waals surface area contributed by atoms with Crippen molar-refractivity contribution in [3.05, 3.63) is 17.7 Å². The van der Waals surface area contributed by atoms with Crippen molar-refractivity contribution in [3.8, 4) is 11.5 Å². The highest BCUT2D eigenvalue weighted by Crippen LogP contribution is 2.39. The number of rotatable bonds is 2. The standard InChI is InChI=1S/C15H21NO3S/c1-2-16-12-5-3-8-20(17)15-10-14-13(9-11(12)15)18-6-4-7-19-14/h9-10,12,16H,2-8H2,1H3. The fraction of sp³-hybridized carbons (Fsp3) is 0.600. The maximum atomic E-state index is 12.4. The third-order valence-corrected chi connectivity index (χ3v) is 5.28. The Morgan fingerprint density at radius 3 is 2.75 bits per heavy atom. The third kappa shape index (κ3) is 2.69. The van der Waals surface area contributed by atoms with Gasteiger partial charge in [-0.25, -0.2) is 0 Å². The van der Waals surface area contributed by atoms with Crippen molar-refractivity contribution in [3.63, 3.8) is 0 Å². The van der Waals surface area contributed by atoms with Gasteiger partial charge in [0.05, 0.1) is 24.0 Å². The van der Waals surface area contributed by atoms with Crippen molar-refractivity contribution in [2.75, 3.05) is 25.5 Å². The molecule has 0 aliphatic carbocycles. The molecule has 1 N–H and O–H groups in total. The van der Waals surface area contributed by atoms with Crippen molar-refractivity contribution >= 4 is 10.8 Å². The lowest BCUT2D eigenvalue weighted by atomic mass is 10.0. The van der Waals surface area contributed by atoms with Gasteiger partial charge in [-0.1, -0.05) is 6.92 Å². The van der Waals surface area contributed by atoms with Crippen LogP contribution in [0.4, 0.5) is 0 Å². The van der Waals surface area contributed by atoms with E-state index < -0.39 is 10.8 Å². The molecule has 5 heteroatoms. The summed E-state index contributed by atoms with van der Waals surface area (Å²) in [5, 5.41) is 3.49. The molecule has 0 aromatic heterocycles. The van der Waals surface area contributed by atoms with Crippen molar-refractivity contribution in [2.24, 2.45) is 0 Å². The smallest absolute Gasteiger partial charge is 0.162 e. The average molecular weight is 295 g/mol. The molecule has 3 rings (SSSR count). The van der Waals surface area contributed by atoms with E-state index in [1.807, 2.05) is 12.1 Å². The monoisotopic (exact) mass is 295 g/mol. The molecular formula is C15H21NO3S. The van der Waals surface area contributed by atoms with Gasteiger partial charge in [-0.3, -0.25) is 4.21 Å². The van der Waals surface area contributed by atoms with E-state index in [4.69, 9.17) is 9.47 Å². The minimum absolute atomic E-state index is 0.263. The largest absolute Gasteiger partial charge is 0.490 e. The summed E-state index contributed by atoms with van der Waals surface area (Å²) in [5.74, 6) is 2.27. The molecule has 1 aromatic rings. The molecule has 0 amide bonds. The molecule has 0 saturated heterocycles. The number of benzene rings is 1. The van der Waals surface area contributed by atoms with Gasteiger partial charge in [0, 0.05) is 29.2 Å². The lowest BCUT2D eigenvalue weighted by Gasteiger charge is -2.20. The molecule has 2 unspecified atom stereocenters. The molecule has 4 nitrogen and oxygen atoms in total. The Bertz CT molecular complexity index is 518. The number of hydrogen-bond acceptors (Lipinski definition) is 4. The molecule has 0 bridgehead atoms. The zero-order chi connectivity index (χ0) is 13.9. The van der Waals surface area contributed by atoms with Gasteiger partial charge in [0.1, 0.15) is 0 Å². The summed E-state index contributed by atoms with van der Waals surface area (Å²) in [4.78, 5) is 0.915. The van der Waals surface area contributed by atoms with E-state index in [0.29, 0.717) is 13.2 Å². The van der Waals surface area contributed by atoms with Gasteiger partial charge in [0.25, 0.3) is 0 Å². The fourth-order valence-corrected chi connectivity index (χ4v) is 4.17. The molecule has 110 valence electrons. The number of ether oxygens (including phenoxy) is 2. The molecule has 0 radical (unpaired) electrons.